The Morgan fingerprint density at radius 2 is 1.17 bits per heavy atom. The molecule has 4 nitrogen and oxygen atoms in total. The van der Waals surface area contributed by atoms with E-state index in [0.29, 0.717) is 11.4 Å². The fourth-order valence-electron chi connectivity index (χ4n) is 1.46. The summed E-state index contributed by atoms with van der Waals surface area (Å²) in [5, 5.41) is 5.45. The molecule has 8 heteroatoms. The molecular weight excluding hydrogens is 394 g/mol. The van der Waals surface area contributed by atoms with Gasteiger partial charge in [0.2, 0.25) is 11.8 Å². The molecule has 1 aromatic carbocycles. The molecule has 1 aromatic rings. The molecule has 0 aliphatic carbocycles. The van der Waals surface area contributed by atoms with Crippen LogP contribution in [0.15, 0.2) is 24.3 Å². The molecule has 2 N–H and O–H groups in total. The number of nitrogens with one attached hydrogen (secondary N) is 2. The Hall–Kier alpha value is -0.680. The van der Waals surface area contributed by atoms with Gasteiger partial charge in [0.15, 0.2) is 0 Å². The van der Waals surface area contributed by atoms with Crippen LogP contribution in [-0.2, 0) is 9.59 Å². The first kappa shape index (κ1) is 21.4. The van der Waals surface area contributed by atoms with Crippen LogP contribution < -0.4 is 10.6 Å². The van der Waals surface area contributed by atoms with Crippen LogP contribution in [0.25, 0.3) is 0 Å². The van der Waals surface area contributed by atoms with E-state index < -0.39 is 20.5 Å². The van der Waals surface area contributed by atoms with E-state index in [1.54, 1.807) is 52.0 Å². The summed E-state index contributed by atoms with van der Waals surface area (Å²) in [6.45, 7) is 6.56. The summed E-state index contributed by atoms with van der Waals surface area (Å²) >= 11 is 23.3. The molecule has 134 valence electrons. The molecule has 0 spiro atoms. The van der Waals surface area contributed by atoms with Crippen molar-refractivity contribution in [1.29, 1.82) is 0 Å². The summed E-state index contributed by atoms with van der Waals surface area (Å²) in [7, 11) is 0. The first-order chi connectivity index (χ1) is 10.9. The second-order valence-corrected chi connectivity index (χ2v) is 8.73. The number of anilines is 2. The predicted octanol–water partition coefficient (Wildman–Crippen LogP) is 5.22. The quantitative estimate of drug-likeness (QED) is 0.627. The van der Waals surface area contributed by atoms with Crippen molar-refractivity contribution in [1.82, 2.24) is 0 Å². The van der Waals surface area contributed by atoms with Crippen LogP contribution in [-0.4, -0.2) is 21.5 Å². The van der Waals surface area contributed by atoms with E-state index >= 15 is 0 Å². The molecule has 0 bridgehead atoms. The van der Waals surface area contributed by atoms with Gasteiger partial charge in [0.05, 0.1) is 10.8 Å². The highest BCUT2D eigenvalue weighted by Gasteiger charge is 2.35. The Bertz CT molecular complexity index is 567. The zero-order valence-electron chi connectivity index (χ0n) is 13.8. The third-order valence-corrected chi connectivity index (χ3v) is 5.82. The maximum atomic E-state index is 12.3. The van der Waals surface area contributed by atoms with E-state index in [0.717, 1.165) is 0 Å². The molecule has 0 aliphatic heterocycles. The second-order valence-electron chi connectivity index (χ2n) is 6.53. The van der Waals surface area contributed by atoms with Crippen molar-refractivity contribution in [2.24, 2.45) is 10.8 Å². The van der Waals surface area contributed by atoms with Crippen molar-refractivity contribution in [2.45, 2.75) is 37.4 Å². The van der Waals surface area contributed by atoms with Gasteiger partial charge in [-0.1, -0.05) is 6.07 Å². The van der Waals surface area contributed by atoms with Crippen LogP contribution in [0.4, 0.5) is 11.4 Å². The van der Waals surface area contributed by atoms with Crippen LogP contribution >= 0.6 is 46.4 Å². The SMILES string of the molecule is CC(C)(C(=O)Nc1cccc(NC(=O)C(C)(C)C(Cl)Cl)c1)C(Cl)Cl. The highest BCUT2D eigenvalue weighted by Crippen LogP contribution is 2.32. The smallest absolute Gasteiger partial charge is 0.232 e. The van der Waals surface area contributed by atoms with Gasteiger partial charge in [-0.25, -0.2) is 0 Å². The first-order valence-corrected chi connectivity index (χ1v) is 8.93. The van der Waals surface area contributed by atoms with Crippen LogP contribution in [0.1, 0.15) is 27.7 Å². The normalized spacial score (nSPS) is 12.4. The fourth-order valence-corrected chi connectivity index (χ4v) is 1.85. The third-order valence-electron chi connectivity index (χ3n) is 3.64. The number of halogens is 4. The van der Waals surface area contributed by atoms with E-state index in [1.165, 1.54) is 0 Å². The fraction of sp³-hybridized carbons (Fsp3) is 0.500. The van der Waals surface area contributed by atoms with Gasteiger partial charge in [0.25, 0.3) is 0 Å². The lowest BCUT2D eigenvalue weighted by Crippen LogP contribution is -2.36. The van der Waals surface area contributed by atoms with Crippen LogP contribution in [0.3, 0.4) is 0 Å². The van der Waals surface area contributed by atoms with Gasteiger partial charge < -0.3 is 10.6 Å². The van der Waals surface area contributed by atoms with Crippen molar-refractivity contribution in [3.05, 3.63) is 24.3 Å². The first-order valence-electron chi connectivity index (χ1n) is 7.18. The average molecular weight is 414 g/mol. The van der Waals surface area contributed by atoms with Gasteiger partial charge in [0.1, 0.15) is 9.67 Å². The Kier molecular flexibility index (Phi) is 7.24. The zero-order valence-corrected chi connectivity index (χ0v) is 16.8. The summed E-state index contributed by atoms with van der Waals surface area (Å²) in [6.07, 6.45) is 0. The summed E-state index contributed by atoms with van der Waals surface area (Å²) in [4.78, 5) is 22.8. The number of benzene rings is 1. The number of hydrogen-bond donors (Lipinski definition) is 2. The number of carbonyl (C=O) groups excluding carboxylic acids is 2. The molecule has 0 atom stereocenters. The highest BCUT2D eigenvalue weighted by atomic mass is 35.5. The minimum absolute atomic E-state index is 0.331. The maximum Gasteiger partial charge on any atom is 0.232 e. The molecular formula is C16H20Cl4N2O2. The van der Waals surface area contributed by atoms with Crippen molar-refractivity contribution >= 4 is 69.6 Å². The van der Waals surface area contributed by atoms with Crippen molar-refractivity contribution in [3.63, 3.8) is 0 Å². The van der Waals surface area contributed by atoms with E-state index in [9.17, 15) is 9.59 Å². The van der Waals surface area contributed by atoms with E-state index in [2.05, 4.69) is 10.6 Å². The average Bonchev–Trinajstić information content (AvgIpc) is 2.46. The van der Waals surface area contributed by atoms with Crippen LogP contribution in [0.5, 0.6) is 0 Å². The molecule has 0 heterocycles. The third kappa shape index (κ3) is 5.16. The lowest BCUT2D eigenvalue weighted by atomic mass is 9.94. The second kappa shape index (κ2) is 8.13. The summed E-state index contributed by atoms with van der Waals surface area (Å²) < 4.78 is 0. The van der Waals surface area contributed by atoms with Gasteiger partial charge in [-0.2, -0.15) is 0 Å². The summed E-state index contributed by atoms with van der Waals surface area (Å²) in [5.41, 5.74) is -0.916. The van der Waals surface area contributed by atoms with Gasteiger partial charge >= 0.3 is 0 Å². The molecule has 2 amide bonds. The molecule has 0 unspecified atom stereocenters. The van der Waals surface area contributed by atoms with E-state index in [-0.39, 0.29) is 11.8 Å². The Morgan fingerprint density at radius 3 is 1.46 bits per heavy atom. The van der Waals surface area contributed by atoms with Crippen molar-refractivity contribution in [2.75, 3.05) is 10.6 Å². The molecule has 1 rings (SSSR count). The van der Waals surface area contributed by atoms with Crippen LogP contribution in [0.2, 0.25) is 0 Å². The standard InChI is InChI=1S/C16H20Cl4N2O2/c1-15(2,11(17)18)13(23)21-9-6-5-7-10(8-9)22-14(24)16(3,4)12(19)20/h5-8,11-12H,1-4H3,(H,21,23)(H,22,24). The molecule has 0 aliphatic rings. The molecule has 0 radical (unpaired) electrons. The minimum Gasteiger partial charge on any atom is -0.325 e. The van der Waals surface area contributed by atoms with E-state index in [1.807, 2.05) is 0 Å². The Labute approximate surface area is 162 Å². The minimum atomic E-state index is -0.963. The Morgan fingerprint density at radius 1 is 0.833 bits per heavy atom. The number of alkyl halides is 4. The molecule has 0 saturated heterocycles. The van der Waals surface area contributed by atoms with Gasteiger partial charge in [-0.05, 0) is 45.9 Å². The molecule has 0 saturated carbocycles. The van der Waals surface area contributed by atoms with Crippen molar-refractivity contribution < 1.29 is 9.59 Å². The zero-order chi connectivity index (χ0) is 18.7. The Balaban J connectivity index is 2.89. The number of hydrogen-bond acceptors (Lipinski definition) is 2. The highest BCUT2D eigenvalue weighted by molar-refractivity contribution is 6.46. The predicted molar refractivity (Wildman–Crippen MR) is 102 cm³/mol. The topological polar surface area (TPSA) is 58.2 Å². The van der Waals surface area contributed by atoms with Crippen molar-refractivity contribution in [3.8, 4) is 0 Å². The lowest BCUT2D eigenvalue weighted by Gasteiger charge is -2.25. The maximum absolute atomic E-state index is 12.3. The van der Waals surface area contributed by atoms with Gasteiger partial charge in [-0.15, -0.1) is 46.4 Å². The largest absolute Gasteiger partial charge is 0.325 e. The molecule has 0 fully saturated rings. The molecule has 24 heavy (non-hydrogen) atoms. The summed E-state index contributed by atoms with van der Waals surface area (Å²) in [6, 6.07) is 6.70. The van der Waals surface area contributed by atoms with Crippen LogP contribution in [0, 0.1) is 10.8 Å². The van der Waals surface area contributed by atoms with Gasteiger partial charge in [0, 0.05) is 11.4 Å². The molecule has 0 aromatic heterocycles. The van der Waals surface area contributed by atoms with Gasteiger partial charge in [-0.3, -0.25) is 9.59 Å². The summed E-state index contributed by atoms with van der Waals surface area (Å²) in [5.74, 6) is -0.661. The number of amides is 2. The van der Waals surface area contributed by atoms with E-state index in [4.69, 9.17) is 46.4 Å². The lowest BCUT2D eigenvalue weighted by molar-refractivity contribution is -0.124. The number of carbonyl (C=O) groups is 2. The monoisotopic (exact) mass is 412 g/mol. The number of rotatable bonds is 6.